The Morgan fingerprint density at radius 1 is 1.28 bits per heavy atom. The number of halogens is 2. The number of Topliss-reactive ketones (excluding diaryl/α,β-unsaturated/α-hetero) is 1. The molecule has 1 saturated carbocycles. The molecule has 1 unspecified atom stereocenters. The molecule has 1 amide bonds. The fraction of sp³-hybridized carbons (Fsp3) is 0.833. The molecule has 0 saturated heterocycles. The van der Waals surface area contributed by atoms with Gasteiger partial charge in [0.05, 0.1) is 6.04 Å². The summed E-state index contributed by atoms with van der Waals surface area (Å²) in [7, 11) is 0. The predicted molar refractivity (Wildman–Crippen MR) is 63.5 cm³/mol. The first-order valence-corrected chi connectivity index (χ1v) is 6.09. The van der Waals surface area contributed by atoms with Gasteiger partial charge in [-0.3, -0.25) is 9.59 Å². The summed E-state index contributed by atoms with van der Waals surface area (Å²) in [4.78, 5) is 23.4. The summed E-state index contributed by atoms with van der Waals surface area (Å²) < 4.78 is 24.9. The van der Waals surface area contributed by atoms with E-state index in [0.29, 0.717) is 0 Å². The van der Waals surface area contributed by atoms with Crippen molar-refractivity contribution in [2.24, 2.45) is 0 Å². The highest BCUT2D eigenvalue weighted by Gasteiger charge is 2.33. The highest BCUT2D eigenvalue weighted by Crippen LogP contribution is 2.19. The monoisotopic (exact) mass is 262 g/mol. The van der Waals surface area contributed by atoms with Crippen molar-refractivity contribution in [2.75, 3.05) is 0 Å². The van der Waals surface area contributed by atoms with E-state index < -0.39 is 36.1 Å². The molecule has 6 heteroatoms. The van der Waals surface area contributed by atoms with Crippen molar-refractivity contribution in [2.45, 2.75) is 64.1 Å². The van der Waals surface area contributed by atoms with Gasteiger partial charge in [-0.2, -0.15) is 0 Å². The van der Waals surface area contributed by atoms with Crippen LogP contribution in [0.1, 0.15) is 40.0 Å². The van der Waals surface area contributed by atoms with Crippen molar-refractivity contribution in [3.05, 3.63) is 0 Å². The quantitative estimate of drug-likeness (QED) is 0.708. The normalized spacial score (nSPS) is 17.7. The standard InChI is InChI=1S/C12H20F2N2O2/c1-12(2,3)16-8(6-9(13)14)10(17)11(18)15-7-4-5-7/h7-9,16H,4-6H2,1-3H3,(H,15,18). The Hall–Kier alpha value is -1.04. The third-order valence-electron chi connectivity index (χ3n) is 2.47. The minimum absolute atomic E-state index is 0.0447. The second-order valence-electron chi connectivity index (χ2n) is 5.69. The molecule has 0 spiro atoms. The van der Waals surface area contributed by atoms with Crippen molar-refractivity contribution in [1.82, 2.24) is 10.6 Å². The van der Waals surface area contributed by atoms with Crippen LogP contribution in [-0.2, 0) is 9.59 Å². The van der Waals surface area contributed by atoms with Crippen LogP contribution in [0.4, 0.5) is 8.78 Å². The summed E-state index contributed by atoms with van der Waals surface area (Å²) in [6, 6.07) is -1.09. The fourth-order valence-corrected chi connectivity index (χ4v) is 1.57. The van der Waals surface area contributed by atoms with E-state index >= 15 is 0 Å². The van der Waals surface area contributed by atoms with Crippen molar-refractivity contribution < 1.29 is 18.4 Å². The Kier molecular flexibility index (Phi) is 4.78. The van der Waals surface area contributed by atoms with Gasteiger partial charge in [0.25, 0.3) is 5.91 Å². The van der Waals surface area contributed by atoms with E-state index in [1.54, 1.807) is 20.8 Å². The van der Waals surface area contributed by atoms with Crippen LogP contribution in [0.25, 0.3) is 0 Å². The van der Waals surface area contributed by atoms with E-state index in [2.05, 4.69) is 10.6 Å². The van der Waals surface area contributed by atoms with Crippen LogP contribution in [0.2, 0.25) is 0 Å². The molecule has 18 heavy (non-hydrogen) atoms. The lowest BCUT2D eigenvalue weighted by atomic mass is 10.0. The SMILES string of the molecule is CC(C)(C)NC(CC(F)F)C(=O)C(=O)NC1CC1. The molecule has 1 rings (SSSR count). The average Bonchev–Trinajstić information content (AvgIpc) is 2.96. The van der Waals surface area contributed by atoms with Gasteiger partial charge >= 0.3 is 0 Å². The molecule has 1 aliphatic rings. The summed E-state index contributed by atoms with van der Waals surface area (Å²) in [6.45, 7) is 5.28. The number of carbonyl (C=O) groups is 2. The van der Waals surface area contributed by atoms with Gasteiger partial charge in [-0.15, -0.1) is 0 Å². The van der Waals surface area contributed by atoms with Gasteiger partial charge in [0.15, 0.2) is 0 Å². The number of nitrogens with one attached hydrogen (secondary N) is 2. The topological polar surface area (TPSA) is 58.2 Å². The third-order valence-corrected chi connectivity index (χ3v) is 2.47. The lowest BCUT2D eigenvalue weighted by Gasteiger charge is -2.27. The number of hydrogen-bond acceptors (Lipinski definition) is 3. The molecule has 1 fully saturated rings. The second kappa shape index (κ2) is 5.73. The van der Waals surface area contributed by atoms with E-state index in [1.165, 1.54) is 0 Å². The third kappa shape index (κ3) is 5.53. The molecule has 0 heterocycles. The Morgan fingerprint density at radius 2 is 1.83 bits per heavy atom. The largest absolute Gasteiger partial charge is 0.347 e. The van der Waals surface area contributed by atoms with Crippen molar-refractivity contribution in [3.8, 4) is 0 Å². The fourth-order valence-electron chi connectivity index (χ4n) is 1.57. The first kappa shape index (κ1) is 15.0. The summed E-state index contributed by atoms with van der Waals surface area (Å²) in [5.74, 6) is -1.57. The zero-order valence-corrected chi connectivity index (χ0v) is 10.9. The number of rotatable bonds is 6. The summed E-state index contributed by atoms with van der Waals surface area (Å²) >= 11 is 0. The maximum atomic E-state index is 12.4. The minimum atomic E-state index is -2.62. The molecule has 4 nitrogen and oxygen atoms in total. The molecule has 0 aliphatic heterocycles. The number of hydrogen-bond donors (Lipinski definition) is 2. The highest BCUT2D eigenvalue weighted by atomic mass is 19.3. The predicted octanol–water partition coefficient (Wildman–Crippen LogP) is 1.25. The van der Waals surface area contributed by atoms with Crippen LogP contribution >= 0.6 is 0 Å². The highest BCUT2D eigenvalue weighted by molar-refractivity contribution is 6.38. The molecule has 0 bridgehead atoms. The second-order valence-corrected chi connectivity index (χ2v) is 5.69. The van der Waals surface area contributed by atoms with Gasteiger partial charge < -0.3 is 10.6 Å². The first-order valence-electron chi connectivity index (χ1n) is 6.09. The van der Waals surface area contributed by atoms with Crippen LogP contribution in [0, 0.1) is 0 Å². The maximum Gasteiger partial charge on any atom is 0.289 e. The number of carbonyl (C=O) groups excluding carboxylic acids is 2. The van der Waals surface area contributed by atoms with Gasteiger partial charge in [-0.05, 0) is 33.6 Å². The van der Waals surface area contributed by atoms with Gasteiger partial charge in [0, 0.05) is 18.0 Å². The van der Waals surface area contributed by atoms with E-state index in [9.17, 15) is 18.4 Å². The summed E-state index contributed by atoms with van der Waals surface area (Å²) in [5.41, 5.74) is -0.505. The van der Waals surface area contributed by atoms with Crippen LogP contribution < -0.4 is 10.6 Å². The molecule has 0 aromatic rings. The molecule has 2 N–H and O–H groups in total. The van der Waals surface area contributed by atoms with E-state index in [0.717, 1.165) is 12.8 Å². The molecule has 1 aliphatic carbocycles. The molecular weight excluding hydrogens is 242 g/mol. The van der Waals surface area contributed by atoms with Crippen LogP contribution in [0.3, 0.4) is 0 Å². The lowest BCUT2D eigenvalue weighted by molar-refractivity contribution is -0.140. The summed E-state index contributed by atoms with van der Waals surface area (Å²) in [6.07, 6.45) is -1.56. The first-order chi connectivity index (χ1) is 8.19. The van der Waals surface area contributed by atoms with Gasteiger partial charge in [0.1, 0.15) is 0 Å². The Labute approximate surface area is 106 Å². The lowest BCUT2D eigenvalue weighted by Crippen LogP contribution is -2.52. The van der Waals surface area contributed by atoms with Crippen molar-refractivity contribution in [1.29, 1.82) is 0 Å². The molecule has 0 radical (unpaired) electrons. The van der Waals surface area contributed by atoms with Gasteiger partial charge in [0.2, 0.25) is 12.2 Å². The van der Waals surface area contributed by atoms with Crippen LogP contribution in [0.15, 0.2) is 0 Å². The average molecular weight is 262 g/mol. The number of ketones is 1. The van der Waals surface area contributed by atoms with Crippen LogP contribution in [0.5, 0.6) is 0 Å². The Balaban J connectivity index is 2.61. The van der Waals surface area contributed by atoms with E-state index in [-0.39, 0.29) is 6.04 Å². The van der Waals surface area contributed by atoms with Gasteiger partial charge in [-0.25, -0.2) is 8.78 Å². The van der Waals surface area contributed by atoms with Crippen molar-refractivity contribution >= 4 is 11.7 Å². The smallest absolute Gasteiger partial charge is 0.289 e. The maximum absolute atomic E-state index is 12.4. The van der Waals surface area contributed by atoms with Crippen LogP contribution in [-0.4, -0.2) is 35.7 Å². The molecule has 104 valence electrons. The number of amides is 1. The molecular formula is C12H20F2N2O2. The Bertz CT molecular complexity index is 323. The minimum Gasteiger partial charge on any atom is -0.347 e. The van der Waals surface area contributed by atoms with E-state index in [4.69, 9.17) is 0 Å². The zero-order chi connectivity index (χ0) is 13.9. The van der Waals surface area contributed by atoms with Crippen molar-refractivity contribution in [3.63, 3.8) is 0 Å². The summed E-state index contributed by atoms with van der Waals surface area (Å²) in [5, 5.41) is 5.29. The number of alkyl halides is 2. The molecule has 1 atom stereocenters. The van der Waals surface area contributed by atoms with Gasteiger partial charge in [-0.1, -0.05) is 0 Å². The molecule has 0 aromatic heterocycles. The molecule has 0 aromatic carbocycles. The Morgan fingerprint density at radius 3 is 2.22 bits per heavy atom. The zero-order valence-electron chi connectivity index (χ0n) is 10.9. The van der Waals surface area contributed by atoms with E-state index in [1.807, 2.05) is 0 Å².